The van der Waals surface area contributed by atoms with Gasteiger partial charge in [0.25, 0.3) is 5.91 Å². The summed E-state index contributed by atoms with van der Waals surface area (Å²) in [7, 11) is 2.03. The van der Waals surface area contributed by atoms with Crippen molar-refractivity contribution in [3.8, 4) is 10.6 Å². The van der Waals surface area contributed by atoms with Crippen molar-refractivity contribution in [1.82, 2.24) is 15.0 Å². The van der Waals surface area contributed by atoms with Crippen LogP contribution in [0.25, 0.3) is 10.6 Å². The maximum atomic E-state index is 13.5. The summed E-state index contributed by atoms with van der Waals surface area (Å²) in [6, 6.07) is 3.45. The molecule has 2 aromatic rings. The molecule has 2 aromatic heterocycles. The van der Waals surface area contributed by atoms with Crippen LogP contribution in [0.3, 0.4) is 0 Å². The van der Waals surface area contributed by atoms with Gasteiger partial charge in [0.05, 0.1) is 9.75 Å². The standard InChI is InChI=1S/C16H19F2N3O2S/c1-10-13(19-23-14(10)16(2,17)18)11-4-5-12(24-11)15(22)21-8-6-20(3)7-9-21/h4-5H,6-9H2,1-3H3. The van der Waals surface area contributed by atoms with Crippen LogP contribution in [0.2, 0.25) is 0 Å². The van der Waals surface area contributed by atoms with E-state index in [1.165, 1.54) is 11.3 Å². The zero-order valence-corrected chi connectivity index (χ0v) is 14.6. The molecule has 0 aliphatic carbocycles. The van der Waals surface area contributed by atoms with Crippen LogP contribution in [0.4, 0.5) is 8.78 Å². The van der Waals surface area contributed by atoms with Gasteiger partial charge in [-0.05, 0) is 26.1 Å². The Hall–Kier alpha value is -1.80. The van der Waals surface area contributed by atoms with Crippen LogP contribution in [0.5, 0.6) is 0 Å². The summed E-state index contributed by atoms with van der Waals surface area (Å²) in [4.78, 5) is 17.8. The summed E-state index contributed by atoms with van der Waals surface area (Å²) in [6.45, 7) is 5.42. The van der Waals surface area contributed by atoms with Gasteiger partial charge in [0.15, 0.2) is 0 Å². The molecule has 3 heterocycles. The fraction of sp³-hybridized carbons (Fsp3) is 0.500. The van der Waals surface area contributed by atoms with E-state index < -0.39 is 11.7 Å². The molecule has 0 bridgehead atoms. The topological polar surface area (TPSA) is 49.6 Å². The molecule has 0 unspecified atom stereocenters. The third kappa shape index (κ3) is 3.21. The summed E-state index contributed by atoms with van der Waals surface area (Å²) in [5.74, 6) is -3.54. The number of likely N-dealkylation sites (N-methyl/N-ethyl adjacent to an activating group) is 1. The zero-order chi connectivity index (χ0) is 17.5. The lowest BCUT2D eigenvalue weighted by Gasteiger charge is -2.32. The highest BCUT2D eigenvalue weighted by molar-refractivity contribution is 7.17. The molecule has 1 aliphatic heterocycles. The van der Waals surface area contributed by atoms with Crippen LogP contribution in [0.1, 0.15) is 27.9 Å². The molecule has 0 atom stereocenters. The molecule has 1 fully saturated rings. The summed E-state index contributed by atoms with van der Waals surface area (Å²) >= 11 is 1.25. The highest BCUT2D eigenvalue weighted by atomic mass is 32.1. The summed E-state index contributed by atoms with van der Waals surface area (Å²) in [5, 5.41) is 3.77. The van der Waals surface area contributed by atoms with E-state index in [0.717, 1.165) is 20.0 Å². The number of aromatic nitrogens is 1. The first-order valence-electron chi connectivity index (χ1n) is 7.70. The van der Waals surface area contributed by atoms with Gasteiger partial charge in [-0.15, -0.1) is 11.3 Å². The van der Waals surface area contributed by atoms with Gasteiger partial charge < -0.3 is 14.3 Å². The molecule has 0 radical (unpaired) electrons. The quantitative estimate of drug-likeness (QED) is 0.848. The Morgan fingerprint density at radius 1 is 1.29 bits per heavy atom. The van der Waals surface area contributed by atoms with Crippen molar-refractivity contribution in [2.45, 2.75) is 19.8 Å². The Morgan fingerprint density at radius 3 is 2.54 bits per heavy atom. The number of nitrogens with zero attached hydrogens (tertiary/aromatic N) is 3. The lowest BCUT2D eigenvalue weighted by molar-refractivity contribution is -0.0112. The van der Waals surface area contributed by atoms with Crippen molar-refractivity contribution in [3.63, 3.8) is 0 Å². The van der Waals surface area contributed by atoms with Gasteiger partial charge in [-0.2, -0.15) is 8.78 Å². The van der Waals surface area contributed by atoms with Crippen LogP contribution >= 0.6 is 11.3 Å². The SMILES string of the molecule is Cc1c(-c2ccc(C(=O)N3CCN(C)CC3)s2)noc1C(C)(F)F. The predicted octanol–water partition coefficient (Wildman–Crippen LogP) is 3.21. The molecular formula is C16H19F2N3O2S. The molecule has 3 rings (SSSR count). The molecule has 0 aromatic carbocycles. The Balaban J connectivity index is 1.81. The normalized spacial score (nSPS) is 16.6. The van der Waals surface area contributed by atoms with E-state index in [-0.39, 0.29) is 5.91 Å². The van der Waals surface area contributed by atoms with Crippen molar-refractivity contribution in [2.75, 3.05) is 33.2 Å². The number of alkyl halides is 2. The van der Waals surface area contributed by atoms with Crippen molar-refractivity contribution < 1.29 is 18.1 Å². The maximum Gasteiger partial charge on any atom is 0.304 e. The third-order valence-electron chi connectivity index (χ3n) is 4.16. The molecular weight excluding hydrogens is 336 g/mol. The first kappa shape index (κ1) is 17.0. The number of carbonyl (C=O) groups is 1. The fourth-order valence-corrected chi connectivity index (χ4v) is 3.73. The van der Waals surface area contributed by atoms with E-state index in [9.17, 15) is 13.6 Å². The van der Waals surface area contributed by atoms with Gasteiger partial charge in [0, 0.05) is 38.7 Å². The molecule has 24 heavy (non-hydrogen) atoms. The second-order valence-corrected chi connectivity index (χ2v) is 7.22. The van der Waals surface area contributed by atoms with Gasteiger partial charge in [-0.3, -0.25) is 4.79 Å². The minimum atomic E-state index is -3.08. The lowest BCUT2D eigenvalue weighted by atomic mass is 10.1. The Labute approximate surface area is 142 Å². The van der Waals surface area contributed by atoms with Crippen LogP contribution in [0.15, 0.2) is 16.7 Å². The molecule has 1 aliphatic rings. The van der Waals surface area contributed by atoms with E-state index in [1.54, 1.807) is 19.1 Å². The Kier molecular flexibility index (Phi) is 4.44. The fourth-order valence-electron chi connectivity index (χ4n) is 2.72. The second-order valence-electron chi connectivity index (χ2n) is 6.13. The number of rotatable bonds is 3. The van der Waals surface area contributed by atoms with Crippen molar-refractivity contribution in [3.05, 3.63) is 28.3 Å². The molecule has 5 nitrogen and oxygen atoms in total. The molecule has 0 N–H and O–H groups in total. The molecule has 0 spiro atoms. The van der Waals surface area contributed by atoms with Crippen molar-refractivity contribution >= 4 is 17.2 Å². The van der Waals surface area contributed by atoms with E-state index in [1.807, 2.05) is 11.9 Å². The van der Waals surface area contributed by atoms with E-state index in [0.29, 0.717) is 34.1 Å². The monoisotopic (exact) mass is 355 g/mol. The van der Waals surface area contributed by atoms with Crippen LogP contribution in [-0.4, -0.2) is 54.1 Å². The number of thiophene rings is 1. The van der Waals surface area contributed by atoms with E-state index in [4.69, 9.17) is 4.52 Å². The van der Waals surface area contributed by atoms with E-state index in [2.05, 4.69) is 10.1 Å². The minimum Gasteiger partial charge on any atom is -0.354 e. The Morgan fingerprint density at radius 2 is 1.96 bits per heavy atom. The number of piperazine rings is 1. The average molecular weight is 355 g/mol. The summed E-state index contributed by atoms with van der Waals surface area (Å²) < 4.78 is 31.7. The van der Waals surface area contributed by atoms with E-state index >= 15 is 0 Å². The molecule has 1 saturated heterocycles. The van der Waals surface area contributed by atoms with Crippen molar-refractivity contribution in [1.29, 1.82) is 0 Å². The highest BCUT2D eigenvalue weighted by Crippen LogP contribution is 2.37. The first-order chi connectivity index (χ1) is 11.3. The number of hydrogen-bond donors (Lipinski definition) is 0. The van der Waals surface area contributed by atoms with Crippen molar-refractivity contribution in [2.24, 2.45) is 0 Å². The number of carbonyl (C=O) groups excluding carboxylic acids is 1. The predicted molar refractivity (Wildman–Crippen MR) is 87.5 cm³/mol. The largest absolute Gasteiger partial charge is 0.354 e. The van der Waals surface area contributed by atoms with Gasteiger partial charge >= 0.3 is 5.92 Å². The van der Waals surface area contributed by atoms with Gasteiger partial charge in [-0.1, -0.05) is 5.16 Å². The zero-order valence-electron chi connectivity index (χ0n) is 13.8. The van der Waals surface area contributed by atoms with Crippen LogP contribution < -0.4 is 0 Å². The molecule has 0 saturated carbocycles. The second kappa shape index (κ2) is 6.25. The Bertz CT molecular complexity index is 743. The van der Waals surface area contributed by atoms with Crippen LogP contribution in [0, 0.1) is 6.92 Å². The number of halogens is 2. The van der Waals surface area contributed by atoms with Gasteiger partial charge in [-0.25, -0.2) is 0 Å². The third-order valence-corrected chi connectivity index (χ3v) is 5.24. The lowest BCUT2D eigenvalue weighted by Crippen LogP contribution is -2.46. The smallest absolute Gasteiger partial charge is 0.304 e. The van der Waals surface area contributed by atoms with Gasteiger partial charge in [0.1, 0.15) is 5.69 Å². The maximum absolute atomic E-state index is 13.5. The molecule has 8 heteroatoms. The number of amides is 1. The first-order valence-corrected chi connectivity index (χ1v) is 8.51. The molecule has 1 amide bonds. The molecule has 130 valence electrons. The average Bonchev–Trinajstić information content (AvgIpc) is 3.13. The van der Waals surface area contributed by atoms with Gasteiger partial charge in [0.2, 0.25) is 5.76 Å². The van der Waals surface area contributed by atoms with Crippen LogP contribution in [-0.2, 0) is 5.92 Å². The summed E-state index contributed by atoms with van der Waals surface area (Å²) in [5.41, 5.74) is 0.678. The number of hydrogen-bond acceptors (Lipinski definition) is 5. The minimum absolute atomic E-state index is 0.0263. The highest BCUT2D eigenvalue weighted by Gasteiger charge is 2.34. The summed E-state index contributed by atoms with van der Waals surface area (Å²) in [6.07, 6.45) is 0.